The smallest absolute Gasteiger partial charge is 0.269 e. The molecule has 0 radical (unpaired) electrons. The second-order valence-corrected chi connectivity index (χ2v) is 3.87. The third kappa shape index (κ3) is 1.77. The Kier molecular flexibility index (Phi) is 2.63. The van der Waals surface area contributed by atoms with E-state index in [9.17, 15) is 19.7 Å². The molecule has 0 aliphatic carbocycles. The van der Waals surface area contributed by atoms with Gasteiger partial charge in [0.15, 0.2) is 0 Å². The van der Waals surface area contributed by atoms with Crippen molar-refractivity contribution in [3.8, 4) is 0 Å². The summed E-state index contributed by atoms with van der Waals surface area (Å²) < 4.78 is 0. The van der Waals surface area contributed by atoms with Crippen LogP contribution >= 0.6 is 0 Å². The van der Waals surface area contributed by atoms with E-state index in [0.717, 1.165) is 0 Å². The fourth-order valence-corrected chi connectivity index (χ4v) is 2.01. The van der Waals surface area contributed by atoms with Crippen molar-refractivity contribution >= 4 is 23.6 Å². The van der Waals surface area contributed by atoms with Crippen molar-refractivity contribution in [3.63, 3.8) is 0 Å². The molecule has 1 aromatic carbocycles. The number of rotatable bonds is 2. The van der Waals surface area contributed by atoms with Crippen LogP contribution in [0.15, 0.2) is 18.2 Å². The molecule has 0 N–H and O–H groups in total. The second-order valence-electron chi connectivity index (χ2n) is 3.87. The molecule has 1 amide bonds. The lowest BCUT2D eigenvalue weighted by Gasteiger charge is -2.14. The first kappa shape index (κ1) is 11.3. The monoisotopic (exact) mass is 234 g/mol. The van der Waals surface area contributed by atoms with E-state index in [0.29, 0.717) is 17.5 Å². The first-order chi connectivity index (χ1) is 8.04. The highest BCUT2D eigenvalue weighted by Crippen LogP contribution is 2.37. The highest BCUT2D eigenvalue weighted by atomic mass is 16.6. The van der Waals surface area contributed by atoms with Gasteiger partial charge in [0, 0.05) is 31.3 Å². The van der Waals surface area contributed by atoms with Gasteiger partial charge in [0.05, 0.1) is 10.8 Å². The molecule has 0 fully saturated rings. The van der Waals surface area contributed by atoms with Gasteiger partial charge in [0.1, 0.15) is 6.29 Å². The zero-order valence-corrected chi connectivity index (χ0v) is 9.12. The Morgan fingerprint density at radius 3 is 2.82 bits per heavy atom. The number of carbonyl (C=O) groups excluding carboxylic acids is 2. The lowest BCUT2D eigenvalue weighted by atomic mass is 10.0. The summed E-state index contributed by atoms with van der Waals surface area (Å²) in [5, 5.41) is 10.6. The Bertz CT molecular complexity index is 512. The van der Waals surface area contributed by atoms with E-state index in [-0.39, 0.29) is 18.1 Å². The number of amides is 1. The Balaban J connectivity index is 2.52. The normalized spacial score (nSPS) is 17.7. The third-order valence-corrected chi connectivity index (χ3v) is 2.84. The molecule has 1 aromatic rings. The molecule has 2 rings (SSSR count). The van der Waals surface area contributed by atoms with Crippen molar-refractivity contribution in [2.45, 2.75) is 12.8 Å². The number of nitro benzene ring substituents is 1. The van der Waals surface area contributed by atoms with Gasteiger partial charge in [0.25, 0.3) is 5.69 Å². The zero-order valence-electron chi connectivity index (χ0n) is 9.12. The first-order valence-corrected chi connectivity index (χ1v) is 5.06. The molecule has 17 heavy (non-hydrogen) atoms. The summed E-state index contributed by atoms with van der Waals surface area (Å²) in [5.41, 5.74) is 1.06. The second kappa shape index (κ2) is 3.97. The molecular formula is C11H10N2O4. The third-order valence-electron chi connectivity index (χ3n) is 2.84. The highest BCUT2D eigenvalue weighted by molar-refractivity contribution is 5.96. The lowest BCUT2D eigenvalue weighted by Crippen LogP contribution is -2.27. The van der Waals surface area contributed by atoms with E-state index in [2.05, 4.69) is 0 Å². The van der Waals surface area contributed by atoms with E-state index in [1.807, 2.05) is 0 Å². The number of benzene rings is 1. The van der Waals surface area contributed by atoms with Crippen LogP contribution in [0.5, 0.6) is 0 Å². The van der Waals surface area contributed by atoms with Crippen LogP contribution in [0.1, 0.15) is 18.4 Å². The van der Waals surface area contributed by atoms with Crippen LogP contribution in [0.3, 0.4) is 0 Å². The van der Waals surface area contributed by atoms with Crippen LogP contribution in [0.4, 0.5) is 11.4 Å². The molecule has 6 nitrogen and oxygen atoms in total. The van der Waals surface area contributed by atoms with Crippen LogP contribution in [0.25, 0.3) is 0 Å². The van der Waals surface area contributed by atoms with Crippen molar-refractivity contribution in [1.29, 1.82) is 0 Å². The van der Waals surface area contributed by atoms with Crippen molar-refractivity contribution in [3.05, 3.63) is 33.9 Å². The molecule has 1 aliphatic heterocycles. The molecule has 6 heteroatoms. The van der Waals surface area contributed by atoms with Crippen LogP contribution < -0.4 is 4.90 Å². The van der Waals surface area contributed by atoms with Crippen LogP contribution in [-0.4, -0.2) is 23.7 Å². The fourth-order valence-electron chi connectivity index (χ4n) is 2.01. The summed E-state index contributed by atoms with van der Waals surface area (Å²) in [4.78, 5) is 33.9. The van der Waals surface area contributed by atoms with Crippen molar-refractivity contribution < 1.29 is 14.5 Å². The van der Waals surface area contributed by atoms with E-state index < -0.39 is 10.8 Å². The van der Waals surface area contributed by atoms with Crippen LogP contribution in [-0.2, 0) is 9.59 Å². The Morgan fingerprint density at radius 1 is 1.59 bits per heavy atom. The largest absolute Gasteiger partial charge is 0.311 e. The summed E-state index contributed by atoms with van der Waals surface area (Å²) in [5.74, 6) is -0.654. The predicted molar refractivity (Wildman–Crippen MR) is 59.9 cm³/mol. The zero-order chi connectivity index (χ0) is 12.6. The maximum Gasteiger partial charge on any atom is 0.269 e. The number of non-ortho nitro benzene ring substituents is 1. The number of nitrogens with zero attached hydrogens (tertiary/aromatic N) is 2. The summed E-state index contributed by atoms with van der Waals surface area (Å²) >= 11 is 0. The minimum atomic E-state index is -0.515. The summed E-state index contributed by atoms with van der Waals surface area (Å²) in [6.07, 6.45) is 0.714. The van der Waals surface area contributed by atoms with E-state index in [1.165, 1.54) is 30.0 Å². The fraction of sp³-hybridized carbons (Fsp3) is 0.273. The van der Waals surface area contributed by atoms with Gasteiger partial charge in [-0.3, -0.25) is 14.9 Å². The molecule has 0 bridgehead atoms. The Morgan fingerprint density at radius 2 is 2.29 bits per heavy atom. The molecule has 0 saturated carbocycles. The van der Waals surface area contributed by atoms with Gasteiger partial charge in [-0.25, -0.2) is 0 Å². The molecule has 0 saturated heterocycles. The quantitative estimate of drug-likeness (QED) is 0.438. The van der Waals surface area contributed by atoms with E-state index >= 15 is 0 Å². The van der Waals surface area contributed by atoms with Gasteiger partial charge in [-0.05, 0) is 11.6 Å². The number of anilines is 1. The van der Waals surface area contributed by atoms with E-state index in [4.69, 9.17) is 0 Å². The van der Waals surface area contributed by atoms with Gasteiger partial charge >= 0.3 is 0 Å². The topological polar surface area (TPSA) is 80.5 Å². The minimum Gasteiger partial charge on any atom is -0.311 e. The number of hydrogen-bond acceptors (Lipinski definition) is 4. The molecule has 1 atom stereocenters. The molecule has 0 aromatic heterocycles. The van der Waals surface area contributed by atoms with Crippen LogP contribution in [0, 0.1) is 10.1 Å². The lowest BCUT2D eigenvalue weighted by molar-refractivity contribution is -0.384. The first-order valence-electron chi connectivity index (χ1n) is 5.06. The summed E-state index contributed by atoms with van der Waals surface area (Å²) in [6, 6.07) is 4.21. The van der Waals surface area contributed by atoms with Crippen molar-refractivity contribution in [2.24, 2.45) is 0 Å². The van der Waals surface area contributed by atoms with Crippen molar-refractivity contribution in [1.82, 2.24) is 0 Å². The Hall–Kier alpha value is -2.24. The molecule has 88 valence electrons. The summed E-state index contributed by atoms with van der Waals surface area (Å²) in [7, 11) is 0. The minimum absolute atomic E-state index is 0.0685. The Labute approximate surface area is 97.0 Å². The van der Waals surface area contributed by atoms with Crippen molar-refractivity contribution in [2.75, 3.05) is 11.4 Å². The predicted octanol–water partition coefficient (Wildman–Crippen LogP) is 1.24. The van der Waals surface area contributed by atoms with Gasteiger partial charge in [-0.1, -0.05) is 0 Å². The maximum atomic E-state index is 11.4. The van der Waals surface area contributed by atoms with E-state index in [1.54, 1.807) is 0 Å². The maximum absolute atomic E-state index is 11.4. The van der Waals surface area contributed by atoms with Gasteiger partial charge in [0.2, 0.25) is 5.91 Å². The van der Waals surface area contributed by atoms with Gasteiger partial charge in [-0.2, -0.15) is 0 Å². The molecule has 1 heterocycles. The highest BCUT2D eigenvalue weighted by Gasteiger charge is 2.31. The number of aldehydes is 1. The van der Waals surface area contributed by atoms with Gasteiger partial charge < -0.3 is 9.69 Å². The van der Waals surface area contributed by atoms with Crippen LogP contribution in [0.2, 0.25) is 0 Å². The summed E-state index contributed by atoms with van der Waals surface area (Å²) in [6.45, 7) is 1.66. The number of nitro groups is 1. The SMILES string of the molecule is CC(=O)N1CC(C=O)c2cc([N+](=O)[O-])ccc21. The molecule has 1 aliphatic rings. The average Bonchev–Trinajstić information content (AvgIpc) is 2.66. The number of fused-ring (bicyclic) bond motifs is 1. The standard InChI is InChI=1S/C11H10N2O4/c1-7(15)12-5-8(6-14)10-4-9(13(16)17)2-3-11(10)12/h2-4,6,8H,5H2,1H3. The van der Waals surface area contributed by atoms with Gasteiger partial charge in [-0.15, -0.1) is 0 Å². The molecule has 0 spiro atoms. The number of hydrogen-bond donors (Lipinski definition) is 0. The average molecular weight is 234 g/mol. The molecular weight excluding hydrogens is 224 g/mol. The molecule has 1 unspecified atom stereocenters. The number of carbonyl (C=O) groups is 2.